The van der Waals surface area contributed by atoms with Crippen molar-refractivity contribution >= 4 is 17.3 Å². The van der Waals surface area contributed by atoms with Gasteiger partial charge in [-0.25, -0.2) is 0 Å². The second-order valence-electron chi connectivity index (χ2n) is 4.69. The summed E-state index contributed by atoms with van der Waals surface area (Å²) in [6, 6.07) is 15.4. The Morgan fingerprint density at radius 1 is 1.20 bits per heavy atom. The summed E-state index contributed by atoms with van der Waals surface area (Å²) in [4.78, 5) is 13.7. The molecule has 2 rings (SSSR count). The van der Waals surface area contributed by atoms with Crippen LogP contribution in [0.25, 0.3) is 0 Å². The van der Waals surface area contributed by atoms with Crippen molar-refractivity contribution in [2.24, 2.45) is 0 Å². The number of carbonyl (C=O) groups excluding carboxylic acids is 1. The Kier molecular flexibility index (Phi) is 4.25. The fourth-order valence-electron chi connectivity index (χ4n) is 2.10. The molecule has 0 aliphatic heterocycles. The zero-order valence-corrected chi connectivity index (χ0v) is 11.8. The number of benzene rings is 2. The molecule has 0 fully saturated rings. The largest absolute Gasteiger partial charge is 0.397 e. The van der Waals surface area contributed by atoms with Gasteiger partial charge >= 0.3 is 0 Å². The van der Waals surface area contributed by atoms with Crippen molar-refractivity contribution in [3.8, 4) is 0 Å². The van der Waals surface area contributed by atoms with Crippen LogP contribution in [0.15, 0.2) is 48.5 Å². The van der Waals surface area contributed by atoms with E-state index in [4.69, 9.17) is 5.73 Å². The van der Waals surface area contributed by atoms with Crippen LogP contribution in [0, 0.1) is 0 Å². The maximum atomic E-state index is 11.7. The molecule has 0 heterocycles. The molecule has 0 aromatic heterocycles. The molecule has 4 nitrogen and oxygen atoms in total. The molecule has 2 aromatic rings. The summed E-state index contributed by atoms with van der Waals surface area (Å²) in [6.07, 6.45) is 0. The number of amides is 1. The Morgan fingerprint density at radius 3 is 2.55 bits per heavy atom. The zero-order valence-electron chi connectivity index (χ0n) is 11.8. The number of anilines is 2. The van der Waals surface area contributed by atoms with Gasteiger partial charge in [0.25, 0.3) is 5.91 Å². The Morgan fingerprint density at radius 2 is 1.90 bits per heavy atom. The van der Waals surface area contributed by atoms with Crippen molar-refractivity contribution in [3.63, 3.8) is 0 Å². The monoisotopic (exact) mass is 269 g/mol. The molecule has 0 saturated heterocycles. The van der Waals surface area contributed by atoms with Crippen LogP contribution in [0.3, 0.4) is 0 Å². The first-order chi connectivity index (χ1) is 9.61. The lowest BCUT2D eigenvalue weighted by molar-refractivity contribution is 0.0963. The highest BCUT2D eigenvalue weighted by Gasteiger charge is 2.10. The molecular weight excluding hydrogens is 250 g/mol. The van der Waals surface area contributed by atoms with E-state index in [0.717, 1.165) is 12.2 Å². The molecule has 104 valence electrons. The summed E-state index contributed by atoms with van der Waals surface area (Å²) in [7, 11) is 3.58. The first kappa shape index (κ1) is 13.9. The number of hydrogen-bond donors (Lipinski definition) is 2. The zero-order chi connectivity index (χ0) is 14.5. The van der Waals surface area contributed by atoms with E-state index in [1.54, 1.807) is 19.2 Å². The predicted octanol–water partition coefficient (Wildman–Crippen LogP) is 2.26. The summed E-state index contributed by atoms with van der Waals surface area (Å²) in [5.74, 6) is -0.112. The number of nitrogen functional groups attached to an aromatic ring is 1. The number of nitrogens with two attached hydrogens (primary N) is 1. The van der Waals surface area contributed by atoms with Crippen LogP contribution in [0.1, 0.15) is 15.9 Å². The third-order valence-electron chi connectivity index (χ3n) is 3.19. The molecule has 2 aromatic carbocycles. The van der Waals surface area contributed by atoms with E-state index in [9.17, 15) is 4.79 Å². The summed E-state index contributed by atoms with van der Waals surface area (Å²) < 4.78 is 0. The number of hydrogen-bond acceptors (Lipinski definition) is 3. The normalized spacial score (nSPS) is 10.1. The van der Waals surface area contributed by atoms with E-state index in [-0.39, 0.29) is 5.91 Å². The second-order valence-corrected chi connectivity index (χ2v) is 4.69. The van der Waals surface area contributed by atoms with Gasteiger partial charge in [0.15, 0.2) is 0 Å². The fourth-order valence-corrected chi connectivity index (χ4v) is 2.10. The van der Waals surface area contributed by atoms with Crippen LogP contribution >= 0.6 is 0 Å². The van der Waals surface area contributed by atoms with Crippen molar-refractivity contribution in [1.82, 2.24) is 5.32 Å². The minimum atomic E-state index is -0.112. The average Bonchev–Trinajstić information content (AvgIpc) is 2.48. The predicted molar refractivity (Wildman–Crippen MR) is 82.8 cm³/mol. The summed E-state index contributed by atoms with van der Waals surface area (Å²) in [5.41, 5.74) is 9.33. The lowest BCUT2D eigenvalue weighted by atomic mass is 10.1. The molecule has 0 spiro atoms. The second kappa shape index (κ2) is 6.10. The third-order valence-corrected chi connectivity index (χ3v) is 3.19. The molecule has 0 atom stereocenters. The van der Waals surface area contributed by atoms with Crippen LogP contribution in [0.2, 0.25) is 0 Å². The highest BCUT2D eigenvalue weighted by molar-refractivity contribution is 5.96. The lowest BCUT2D eigenvalue weighted by Gasteiger charge is -2.22. The van der Waals surface area contributed by atoms with Gasteiger partial charge < -0.3 is 16.0 Å². The molecule has 4 heteroatoms. The van der Waals surface area contributed by atoms with E-state index < -0.39 is 0 Å². The third kappa shape index (κ3) is 3.09. The van der Waals surface area contributed by atoms with Gasteiger partial charge in [0.1, 0.15) is 0 Å². The Labute approximate surface area is 119 Å². The van der Waals surface area contributed by atoms with E-state index in [0.29, 0.717) is 11.3 Å². The van der Waals surface area contributed by atoms with Gasteiger partial charge in [-0.1, -0.05) is 30.3 Å². The van der Waals surface area contributed by atoms with Crippen molar-refractivity contribution < 1.29 is 4.79 Å². The van der Waals surface area contributed by atoms with E-state index in [2.05, 4.69) is 17.4 Å². The van der Waals surface area contributed by atoms with E-state index >= 15 is 0 Å². The van der Waals surface area contributed by atoms with Crippen molar-refractivity contribution in [1.29, 1.82) is 0 Å². The fraction of sp³-hybridized carbons (Fsp3) is 0.188. The molecule has 0 bridgehead atoms. The smallest absolute Gasteiger partial charge is 0.251 e. The van der Waals surface area contributed by atoms with Gasteiger partial charge in [0, 0.05) is 26.2 Å². The maximum Gasteiger partial charge on any atom is 0.251 e. The van der Waals surface area contributed by atoms with Gasteiger partial charge in [0.05, 0.1) is 11.4 Å². The number of nitrogens with one attached hydrogen (secondary N) is 1. The highest BCUT2D eigenvalue weighted by atomic mass is 16.1. The standard InChI is InChI=1S/C16H19N3O/c1-18-16(20)13-8-9-14(17)15(10-13)19(2)11-12-6-4-3-5-7-12/h3-10H,11,17H2,1-2H3,(H,18,20). The van der Waals surface area contributed by atoms with Gasteiger partial charge in [0.2, 0.25) is 0 Å². The van der Waals surface area contributed by atoms with Crippen LogP contribution in [-0.2, 0) is 6.54 Å². The molecule has 0 saturated carbocycles. The molecule has 20 heavy (non-hydrogen) atoms. The van der Waals surface area contributed by atoms with Gasteiger partial charge in [-0.05, 0) is 23.8 Å². The lowest BCUT2D eigenvalue weighted by Crippen LogP contribution is -2.21. The molecule has 0 aliphatic carbocycles. The average molecular weight is 269 g/mol. The van der Waals surface area contributed by atoms with Crippen molar-refractivity contribution in [2.75, 3.05) is 24.7 Å². The molecular formula is C16H19N3O. The maximum absolute atomic E-state index is 11.7. The van der Waals surface area contributed by atoms with E-state index in [1.165, 1.54) is 5.56 Å². The topological polar surface area (TPSA) is 58.4 Å². The molecule has 0 unspecified atom stereocenters. The van der Waals surface area contributed by atoms with Gasteiger partial charge in [-0.2, -0.15) is 0 Å². The minimum absolute atomic E-state index is 0.112. The van der Waals surface area contributed by atoms with Crippen LogP contribution in [-0.4, -0.2) is 20.0 Å². The molecule has 3 N–H and O–H groups in total. The summed E-state index contributed by atoms with van der Waals surface area (Å²) in [6.45, 7) is 0.738. The number of rotatable bonds is 4. The Hall–Kier alpha value is -2.49. The quantitative estimate of drug-likeness (QED) is 0.837. The first-order valence-corrected chi connectivity index (χ1v) is 6.48. The van der Waals surface area contributed by atoms with Crippen LogP contribution in [0.5, 0.6) is 0 Å². The van der Waals surface area contributed by atoms with Crippen LogP contribution < -0.4 is 16.0 Å². The van der Waals surface area contributed by atoms with E-state index in [1.807, 2.05) is 36.2 Å². The summed E-state index contributed by atoms with van der Waals surface area (Å²) in [5, 5.41) is 2.62. The molecule has 0 radical (unpaired) electrons. The van der Waals surface area contributed by atoms with Crippen molar-refractivity contribution in [3.05, 3.63) is 59.7 Å². The van der Waals surface area contributed by atoms with Gasteiger partial charge in [-0.3, -0.25) is 4.79 Å². The number of nitrogens with zero attached hydrogens (tertiary/aromatic N) is 1. The molecule has 0 aliphatic rings. The minimum Gasteiger partial charge on any atom is -0.397 e. The van der Waals surface area contributed by atoms with Gasteiger partial charge in [-0.15, -0.1) is 0 Å². The Bertz CT molecular complexity index is 596. The van der Waals surface area contributed by atoms with Crippen LogP contribution in [0.4, 0.5) is 11.4 Å². The Balaban J connectivity index is 2.25. The number of carbonyl (C=O) groups is 1. The SMILES string of the molecule is CNC(=O)c1ccc(N)c(N(C)Cc2ccccc2)c1. The summed E-state index contributed by atoms with van der Waals surface area (Å²) >= 11 is 0. The highest BCUT2D eigenvalue weighted by Crippen LogP contribution is 2.25. The molecule has 1 amide bonds. The first-order valence-electron chi connectivity index (χ1n) is 6.48. The van der Waals surface area contributed by atoms with Crippen molar-refractivity contribution in [2.45, 2.75) is 6.54 Å².